The van der Waals surface area contributed by atoms with E-state index in [1.807, 2.05) is 12.4 Å². The molecular weight excluding hydrogens is 236 g/mol. The molecule has 0 atom stereocenters. The van der Waals surface area contributed by atoms with E-state index in [1.165, 1.54) is 11.6 Å². The first-order valence-corrected chi connectivity index (χ1v) is 7.35. The SMILES string of the molecule is CCCc1nccn1CCCn1ccnc1CCC. The zero-order chi connectivity index (χ0) is 13.5. The van der Waals surface area contributed by atoms with Crippen molar-refractivity contribution in [3.63, 3.8) is 0 Å². The van der Waals surface area contributed by atoms with Crippen LogP contribution in [0.25, 0.3) is 0 Å². The van der Waals surface area contributed by atoms with Gasteiger partial charge in [0.25, 0.3) is 0 Å². The third kappa shape index (κ3) is 3.69. The molecule has 0 fully saturated rings. The van der Waals surface area contributed by atoms with Crippen LogP contribution in [-0.4, -0.2) is 19.1 Å². The Kier molecular flexibility index (Phi) is 5.19. The fraction of sp³-hybridized carbons (Fsp3) is 0.600. The van der Waals surface area contributed by atoms with Crippen molar-refractivity contribution in [3.05, 3.63) is 36.4 Å². The molecule has 2 rings (SSSR count). The summed E-state index contributed by atoms with van der Waals surface area (Å²) in [6, 6.07) is 0. The average molecular weight is 260 g/mol. The van der Waals surface area contributed by atoms with Gasteiger partial charge in [-0.3, -0.25) is 0 Å². The van der Waals surface area contributed by atoms with Crippen molar-refractivity contribution in [1.29, 1.82) is 0 Å². The molecule has 0 aromatic carbocycles. The van der Waals surface area contributed by atoms with E-state index in [2.05, 4.69) is 45.3 Å². The summed E-state index contributed by atoms with van der Waals surface area (Å²) >= 11 is 0. The van der Waals surface area contributed by atoms with Gasteiger partial charge in [0.05, 0.1) is 0 Å². The summed E-state index contributed by atoms with van der Waals surface area (Å²) in [5, 5.41) is 0. The molecule has 0 aliphatic carbocycles. The van der Waals surface area contributed by atoms with Gasteiger partial charge in [-0.05, 0) is 19.3 Å². The molecule has 0 radical (unpaired) electrons. The Labute approximate surface area is 115 Å². The Balaban J connectivity index is 1.85. The van der Waals surface area contributed by atoms with Crippen LogP contribution in [0, 0.1) is 0 Å². The van der Waals surface area contributed by atoms with Crippen molar-refractivity contribution in [3.8, 4) is 0 Å². The summed E-state index contributed by atoms with van der Waals surface area (Å²) in [5.74, 6) is 2.42. The fourth-order valence-electron chi connectivity index (χ4n) is 2.40. The molecule has 0 aliphatic rings. The van der Waals surface area contributed by atoms with Gasteiger partial charge >= 0.3 is 0 Å². The third-order valence-corrected chi connectivity index (χ3v) is 3.35. The molecule has 2 heterocycles. The van der Waals surface area contributed by atoms with Crippen LogP contribution >= 0.6 is 0 Å². The molecule has 19 heavy (non-hydrogen) atoms. The van der Waals surface area contributed by atoms with Crippen molar-refractivity contribution in [2.45, 2.75) is 59.0 Å². The highest BCUT2D eigenvalue weighted by Gasteiger charge is 2.03. The van der Waals surface area contributed by atoms with Crippen LogP contribution in [0.1, 0.15) is 44.8 Å². The first-order valence-electron chi connectivity index (χ1n) is 7.35. The summed E-state index contributed by atoms with van der Waals surface area (Å²) in [6.45, 7) is 6.47. The maximum atomic E-state index is 4.41. The molecule has 0 unspecified atom stereocenters. The minimum Gasteiger partial charge on any atom is -0.335 e. The van der Waals surface area contributed by atoms with Crippen LogP contribution < -0.4 is 0 Å². The monoisotopic (exact) mass is 260 g/mol. The smallest absolute Gasteiger partial charge is 0.108 e. The molecule has 2 aromatic heterocycles. The summed E-state index contributed by atoms with van der Waals surface area (Å²) in [5.41, 5.74) is 0. The fourth-order valence-corrected chi connectivity index (χ4v) is 2.40. The maximum absolute atomic E-state index is 4.41. The van der Waals surface area contributed by atoms with E-state index in [0.29, 0.717) is 0 Å². The number of hydrogen-bond acceptors (Lipinski definition) is 2. The number of imidazole rings is 2. The molecule has 0 amide bonds. The molecular formula is C15H24N4. The summed E-state index contributed by atoms with van der Waals surface area (Å²) in [7, 11) is 0. The van der Waals surface area contributed by atoms with E-state index in [1.54, 1.807) is 0 Å². The lowest BCUT2D eigenvalue weighted by molar-refractivity contribution is 0.532. The van der Waals surface area contributed by atoms with Crippen molar-refractivity contribution in [2.24, 2.45) is 0 Å². The van der Waals surface area contributed by atoms with E-state index in [4.69, 9.17) is 0 Å². The highest BCUT2D eigenvalue weighted by Crippen LogP contribution is 2.06. The van der Waals surface area contributed by atoms with Crippen LogP contribution in [0.5, 0.6) is 0 Å². The van der Waals surface area contributed by atoms with Gasteiger partial charge in [-0.25, -0.2) is 9.97 Å². The summed E-state index contributed by atoms with van der Waals surface area (Å²) < 4.78 is 4.56. The molecule has 0 bridgehead atoms. The van der Waals surface area contributed by atoms with Crippen LogP contribution in [0.2, 0.25) is 0 Å². The van der Waals surface area contributed by atoms with Crippen LogP contribution in [0.15, 0.2) is 24.8 Å². The largest absolute Gasteiger partial charge is 0.335 e. The summed E-state index contributed by atoms with van der Waals surface area (Å²) in [6.07, 6.45) is 13.6. The van der Waals surface area contributed by atoms with E-state index in [0.717, 1.165) is 45.2 Å². The predicted molar refractivity (Wildman–Crippen MR) is 77.1 cm³/mol. The van der Waals surface area contributed by atoms with E-state index in [-0.39, 0.29) is 0 Å². The van der Waals surface area contributed by atoms with E-state index >= 15 is 0 Å². The van der Waals surface area contributed by atoms with Crippen LogP contribution in [-0.2, 0) is 25.9 Å². The molecule has 0 saturated heterocycles. The van der Waals surface area contributed by atoms with Gasteiger partial charge in [0.1, 0.15) is 11.6 Å². The lowest BCUT2D eigenvalue weighted by atomic mass is 10.3. The van der Waals surface area contributed by atoms with E-state index < -0.39 is 0 Å². The number of hydrogen-bond donors (Lipinski definition) is 0. The van der Waals surface area contributed by atoms with Gasteiger partial charge in [0.15, 0.2) is 0 Å². The van der Waals surface area contributed by atoms with Gasteiger partial charge in [0.2, 0.25) is 0 Å². The Bertz CT molecular complexity index is 440. The van der Waals surface area contributed by atoms with Gasteiger partial charge in [-0.2, -0.15) is 0 Å². The topological polar surface area (TPSA) is 35.6 Å². The molecule has 2 aromatic rings. The molecule has 4 nitrogen and oxygen atoms in total. The zero-order valence-electron chi connectivity index (χ0n) is 12.0. The molecule has 4 heteroatoms. The van der Waals surface area contributed by atoms with Crippen molar-refractivity contribution < 1.29 is 0 Å². The quantitative estimate of drug-likeness (QED) is 0.731. The predicted octanol–water partition coefficient (Wildman–Crippen LogP) is 3.07. The second-order valence-corrected chi connectivity index (χ2v) is 4.93. The molecule has 0 aliphatic heterocycles. The van der Waals surface area contributed by atoms with Gasteiger partial charge in [-0.15, -0.1) is 0 Å². The number of rotatable bonds is 8. The Morgan fingerprint density at radius 3 is 1.74 bits per heavy atom. The Morgan fingerprint density at radius 1 is 0.842 bits per heavy atom. The first-order chi connectivity index (χ1) is 9.35. The molecule has 0 saturated carbocycles. The maximum Gasteiger partial charge on any atom is 0.108 e. The highest BCUT2D eigenvalue weighted by molar-refractivity contribution is 4.94. The molecule has 0 spiro atoms. The lowest BCUT2D eigenvalue weighted by Gasteiger charge is -2.09. The molecule has 104 valence electrons. The third-order valence-electron chi connectivity index (χ3n) is 3.35. The van der Waals surface area contributed by atoms with Gasteiger partial charge in [0, 0.05) is 50.7 Å². The normalized spacial score (nSPS) is 11.1. The number of nitrogens with zero attached hydrogens (tertiary/aromatic N) is 4. The average Bonchev–Trinajstić information content (AvgIpc) is 3.01. The van der Waals surface area contributed by atoms with Crippen molar-refractivity contribution >= 4 is 0 Å². The summed E-state index contributed by atoms with van der Waals surface area (Å²) in [4.78, 5) is 8.82. The minimum atomic E-state index is 1.04. The lowest BCUT2D eigenvalue weighted by Crippen LogP contribution is -2.08. The van der Waals surface area contributed by atoms with Crippen molar-refractivity contribution in [1.82, 2.24) is 19.1 Å². The minimum absolute atomic E-state index is 1.04. The standard InChI is InChI=1S/C15H24N4/c1-3-6-14-16-8-12-18(14)10-5-11-19-13-9-17-15(19)7-4-2/h8-9,12-13H,3-7,10-11H2,1-2H3. The molecule has 0 N–H and O–H groups in total. The Morgan fingerprint density at radius 2 is 1.32 bits per heavy atom. The van der Waals surface area contributed by atoms with E-state index in [9.17, 15) is 0 Å². The highest BCUT2D eigenvalue weighted by atomic mass is 15.1. The second kappa shape index (κ2) is 7.12. The van der Waals surface area contributed by atoms with Gasteiger partial charge in [-0.1, -0.05) is 13.8 Å². The number of aryl methyl sites for hydroxylation is 4. The number of aromatic nitrogens is 4. The van der Waals surface area contributed by atoms with Crippen molar-refractivity contribution in [2.75, 3.05) is 0 Å². The van der Waals surface area contributed by atoms with Crippen LogP contribution in [0.4, 0.5) is 0 Å². The zero-order valence-corrected chi connectivity index (χ0v) is 12.0. The van der Waals surface area contributed by atoms with Gasteiger partial charge < -0.3 is 9.13 Å². The first kappa shape index (κ1) is 13.8. The Hall–Kier alpha value is -1.58. The second-order valence-electron chi connectivity index (χ2n) is 4.93. The van der Waals surface area contributed by atoms with Crippen LogP contribution in [0.3, 0.4) is 0 Å².